The standard InChI is InChI=1S/C24H22N2O7/c1-32-21(27)14-20(16-9-11-19(12-10-16)26(30)31)22(24(29)33-2)25-23(28)18-8-7-15-5-3-4-6-17(15)13-18/h3-13,20,22H,14H2,1-2H3,(H,25,28)/t20-,22+/m1/s1. The minimum atomic E-state index is -1.24. The Balaban J connectivity index is 1.96. The molecule has 3 aromatic carbocycles. The van der Waals surface area contributed by atoms with E-state index in [1.165, 1.54) is 38.5 Å². The molecule has 1 N–H and O–H groups in total. The van der Waals surface area contributed by atoms with Gasteiger partial charge in [0.05, 0.1) is 25.6 Å². The third-order valence-electron chi connectivity index (χ3n) is 5.30. The Labute approximate surface area is 189 Å². The highest BCUT2D eigenvalue weighted by Crippen LogP contribution is 2.28. The number of non-ortho nitro benzene ring substituents is 1. The van der Waals surface area contributed by atoms with Gasteiger partial charge in [0.25, 0.3) is 11.6 Å². The SMILES string of the molecule is COC(=O)C[C@H](c1ccc([N+](=O)[O-])cc1)[C@H](NC(=O)c1ccc2ccccc2c1)C(=O)OC. The van der Waals surface area contributed by atoms with Crippen molar-refractivity contribution in [3.63, 3.8) is 0 Å². The van der Waals surface area contributed by atoms with E-state index in [0.29, 0.717) is 11.1 Å². The molecule has 0 bridgehead atoms. The van der Waals surface area contributed by atoms with Crippen molar-refractivity contribution >= 4 is 34.3 Å². The highest BCUT2D eigenvalue weighted by Gasteiger charge is 2.34. The number of fused-ring (bicyclic) bond motifs is 1. The maximum atomic E-state index is 13.0. The number of carbonyl (C=O) groups excluding carboxylic acids is 3. The average molecular weight is 450 g/mol. The molecule has 9 heteroatoms. The minimum Gasteiger partial charge on any atom is -0.469 e. The monoisotopic (exact) mass is 450 g/mol. The number of benzene rings is 3. The predicted octanol–water partition coefficient (Wildman–Crippen LogP) is 3.37. The first-order chi connectivity index (χ1) is 15.8. The lowest BCUT2D eigenvalue weighted by atomic mass is 9.88. The van der Waals surface area contributed by atoms with Crippen molar-refractivity contribution in [2.24, 2.45) is 0 Å². The van der Waals surface area contributed by atoms with E-state index in [2.05, 4.69) is 5.32 Å². The lowest BCUT2D eigenvalue weighted by Crippen LogP contribution is -2.46. The number of nitro groups is 1. The second kappa shape index (κ2) is 10.4. The highest BCUT2D eigenvalue weighted by molar-refractivity contribution is 6.00. The zero-order valence-corrected chi connectivity index (χ0v) is 18.0. The first-order valence-corrected chi connectivity index (χ1v) is 10.0. The van der Waals surface area contributed by atoms with Gasteiger partial charge in [-0.15, -0.1) is 0 Å². The van der Waals surface area contributed by atoms with Gasteiger partial charge in [-0.3, -0.25) is 19.7 Å². The van der Waals surface area contributed by atoms with Gasteiger partial charge in [-0.1, -0.05) is 42.5 Å². The molecule has 0 radical (unpaired) electrons. The lowest BCUT2D eigenvalue weighted by molar-refractivity contribution is -0.384. The van der Waals surface area contributed by atoms with Gasteiger partial charge in [0.1, 0.15) is 6.04 Å². The topological polar surface area (TPSA) is 125 Å². The molecule has 3 aromatic rings. The second-order valence-corrected chi connectivity index (χ2v) is 7.27. The van der Waals surface area contributed by atoms with Crippen LogP contribution >= 0.6 is 0 Å². The normalized spacial score (nSPS) is 12.4. The minimum absolute atomic E-state index is 0.148. The van der Waals surface area contributed by atoms with E-state index >= 15 is 0 Å². The molecule has 33 heavy (non-hydrogen) atoms. The number of amides is 1. The van der Waals surface area contributed by atoms with Crippen LogP contribution in [0.15, 0.2) is 66.7 Å². The van der Waals surface area contributed by atoms with E-state index in [0.717, 1.165) is 10.8 Å². The number of carbonyl (C=O) groups is 3. The van der Waals surface area contributed by atoms with Crippen LogP contribution in [-0.2, 0) is 19.1 Å². The summed E-state index contributed by atoms with van der Waals surface area (Å²) >= 11 is 0. The number of esters is 2. The fourth-order valence-corrected chi connectivity index (χ4v) is 3.54. The Hall–Kier alpha value is -4.27. The molecule has 0 aliphatic rings. The summed E-state index contributed by atoms with van der Waals surface area (Å²) in [6.45, 7) is 0. The number of nitrogens with zero attached hydrogens (tertiary/aromatic N) is 1. The van der Waals surface area contributed by atoms with Gasteiger partial charge < -0.3 is 14.8 Å². The molecule has 0 aromatic heterocycles. The molecule has 0 aliphatic carbocycles. The van der Waals surface area contributed by atoms with E-state index in [9.17, 15) is 24.5 Å². The number of hydrogen-bond acceptors (Lipinski definition) is 7. The van der Waals surface area contributed by atoms with E-state index < -0.39 is 34.7 Å². The van der Waals surface area contributed by atoms with Crippen LogP contribution in [0.5, 0.6) is 0 Å². The maximum Gasteiger partial charge on any atom is 0.329 e. The van der Waals surface area contributed by atoms with Crippen molar-refractivity contribution in [1.29, 1.82) is 0 Å². The molecule has 3 rings (SSSR count). The Morgan fingerprint density at radius 3 is 2.21 bits per heavy atom. The van der Waals surface area contributed by atoms with Crippen LogP contribution in [0.2, 0.25) is 0 Å². The van der Waals surface area contributed by atoms with Crippen LogP contribution in [0.25, 0.3) is 10.8 Å². The van der Waals surface area contributed by atoms with Gasteiger partial charge in [-0.05, 0) is 28.5 Å². The quantitative estimate of drug-likeness (QED) is 0.317. The number of rotatable bonds is 8. The molecule has 170 valence electrons. The summed E-state index contributed by atoms with van der Waals surface area (Å²) in [6.07, 6.45) is -0.258. The van der Waals surface area contributed by atoms with Crippen LogP contribution in [0, 0.1) is 10.1 Å². The first kappa shape index (κ1) is 23.4. The summed E-state index contributed by atoms with van der Waals surface area (Å²) in [6, 6.07) is 16.8. The lowest BCUT2D eigenvalue weighted by Gasteiger charge is -2.26. The zero-order chi connectivity index (χ0) is 24.0. The Morgan fingerprint density at radius 1 is 0.939 bits per heavy atom. The fraction of sp³-hybridized carbons (Fsp3) is 0.208. The third kappa shape index (κ3) is 5.51. The highest BCUT2D eigenvalue weighted by atomic mass is 16.6. The van der Waals surface area contributed by atoms with E-state index in [-0.39, 0.29) is 12.1 Å². The molecule has 0 saturated carbocycles. The van der Waals surface area contributed by atoms with Gasteiger partial charge in [-0.25, -0.2) is 4.79 Å². The van der Waals surface area contributed by atoms with E-state index in [4.69, 9.17) is 9.47 Å². The van der Waals surface area contributed by atoms with Crippen LogP contribution in [0.4, 0.5) is 5.69 Å². The third-order valence-corrected chi connectivity index (χ3v) is 5.30. The molecule has 0 saturated heterocycles. The van der Waals surface area contributed by atoms with Crippen molar-refractivity contribution in [3.05, 3.63) is 88.0 Å². The molecule has 0 aliphatic heterocycles. The summed E-state index contributed by atoms with van der Waals surface area (Å²) in [5.41, 5.74) is 0.605. The number of hydrogen-bond donors (Lipinski definition) is 1. The summed E-state index contributed by atoms with van der Waals surface area (Å²) in [5, 5.41) is 15.4. The average Bonchev–Trinajstić information content (AvgIpc) is 2.85. The van der Waals surface area contributed by atoms with Crippen LogP contribution < -0.4 is 5.32 Å². The Kier molecular flexibility index (Phi) is 7.34. The van der Waals surface area contributed by atoms with E-state index in [1.54, 1.807) is 18.2 Å². The first-order valence-electron chi connectivity index (χ1n) is 10.0. The van der Waals surface area contributed by atoms with Crippen molar-refractivity contribution in [3.8, 4) is 0 Å². The zero-order valence-electron chi connectivity index (χ0n) is 18.0. The molecular weight excluding hydrogens is 428 g/mol. The summed E-state index contributed by atoms with van der Waals surface area (Å²) in [7, 11) is 2.37. The number of methoxy groups -OCH3 is 2. The molecule has 1 amide bonds. The summed E-state index contributed by atoms with van der Waals surface area (Å²) in [5.74, 6) is -2.80. The summed E-state index contributed by atoms with van der Waals surface area (Å²) < 4.78 is 9.64. The van der Waals surface area contributed by atoms with Gasteiger partial charge in [0, 0.05) is 23.6 Å². The molecule has 0 fully saturated rings. The second-order valence-electron chi connectivity index (χ2n) is 7.27. The van der Waals surface area contributed by atoms with Gasteiger partial charge in [-0.2, -0.15) is 0 Å². The molecule has 2 atom stereocenters. The van der Waals surface area contributed by atoms with Gasteiger partial charge in [0.2, 0.25) is 0 Å². The van der Waals surface area contributed by atoms with Crippen LogP contribution in [-0.4, -0.2) is 43.0 Å². The van der Waals surface area contributed by atoms with Crippen LogP contribution in [0.1, 0.15) is 28.3 Å². The molecular formula is C24H22N2O7. The molecule has 0 unspecified atom stereocenters. The van der Waals surface area contributed by atoms with Crippen LogP contribution in [0.3, 0.4) is 0 Å². The van der Waals surface area contributed by atoms with Gasteiger partial charge >= 0.3 is 11.9 Å². The van der Waals surface area contributed by atoms with Crippen molar-refractivity contribution in [2.75, 3.05) is 14.2 Å². The fourth-order valence-electron chi connectivity index (χ4n) is 3.54. The molecule has 9 nitrogen and oxygen atoms in total. The maximum absolute atomic E-state index is 13.0. The predicted molar refractivity (Wildman–Crippen MR) is 120 cm³/mol. The van der Waals surface area contributed by atoms with E-state index in [1.807, 2.05) is 24.3 Å². The summed E-state index contributed by atoms with van der Waals surface area (Å²) in [4.78, 5) is 48.2. The molecule has 0 heterocycles. The van der Waals surface area contributed by atoms with Crippen molar-refractivity contribution < 1.29 is 28.8 Å². The number of ether oxygens (including phenoxy) is 2. The number of nitro benzene ring substituents is 1. The van der Waals surface area contributed by atoms with Crippen molar-refractivity contribution in [2.45, 2.75) is 18.4 Å². The smallest absolute Gasteiger partial charge is 0.329 e. The largest absolute Gasteiger partial charge is 0.469 e. The Morgan fingerprint density at radius 2 is 1.61 bits per heavy atom. The van der Waals surface area contributed by atoms with Crippen molar-refractivity contribution in [1.82, 2.24) is 5.32 Å². The Bertz CT molecular complexity index is 1190. The number of nitrogens with one attached hydrogen (secondary N) is 1. The molecule has 0 spiro atoms. The van der Waals surface area contributed by atoms with Gasteiger partial charge in [0.15, 0.2) is 0 Å².